The van der Waals surface area contributed by atoms with Crippen LogP contribution in [0.5, 0.6) is 5.75 Å². The van der Waals surface area contributed by atoms with E-state index in [1.54, 1.807) is 0 Å². The molecular weight excluding hydrogens is 247 g/mol. The lowest BCUT2D eigenvalue weighted by molar-refractivity contribution is 0.459. The molecule has 0 amide bonds. The summed E-state index contributed by atoms with van der Waals surface area (Å²) in [5.41, 5.74) is 0. The van der Waals surface area contributed by atoms with E-state index in [1.165, 1.54) is 6.07 Å². The molecule has 1 N–H and O–H groups in total. The highest BCUT2D eigenvalue weighted by molar-refractivity contribution is 7.94. The Kier molecular flexibility index (Phi) is 3.09. The lowest BCUT2D eigenvalue weighted by atomic mass is 10.3. The van der Waals surface area contributed by atoms with Crippen LogP contribution >= 0.6 is 23.2 Å². The minimum Gasteiger partial charge on any atom is -0.505 e. The summed E-state index contributed by atoms with van der Waals surface area (Å²) >= 11 is 11.1. The van der Waals surface area contributed by atoms with Gasteiger partial charge in [0.15, 0.2) is 5.75 Å². The Morgan fingerprint density at radius 2 is 1.93 bits per heavy atom. The first-order chi connectivity index (χ1) is 6.38. The molecule has 3 nitrogen and oxygen atoms in total. The smallest absolute Gasteiger partial charge is 0.202 e. The maximum atomic E-state index is 11.3. The molecule has 1 rings (SSSR count). The fourth-order valence-electron chi connectivity index (χ4n) is 0.849. The summed E-state index contributed by atoms with van der Waals surface area (Å²) in [6.07, 6.45) is 0. The Bertz CT molecular complexity index is 480. The predicted octanol–water partition coefficient (Wildman–Crippen LogP) is 2.62. The fourth-order valence-corrected chi connectivity index (χ4v) is 2.31. The highest BCUT2D eigenvalue weighted by Crippen LogP contribution is 2.34. The maximum absolute atomic E-state index is 11.3. The molecule has 0 unspecified atom stereocenters. The zero-order valence-corrected chi connectivity index (χ0v) is 9.20. The van der Waals surface area contributed by atoms with Crippen LogP contribution in [-0.2, 0) is 9.84 Å². The normalized spacial score (nSPS) is 11.3. The molecule has 76 valence electrons. The van der Waals surface area contributed by atoms with Crippen LogP contribution < -0.4 is 0 Å². The SMILES string of the molecule is C=CS(=O)(=O)c1cc(Cl)cc(Cl)c1O. The molecule has 0 fully saturated rings. The van der Waals surface area contributed by atoms with Crippen molar-refractivity contribution in [2.75, 3.05) is 0 Å². The number of aromatic hydroxyl groups is 1. The molecular formula is C8H6Cl2O3S. The van der Waals surface area contributed by atoms with Crippen molar-refractivity contribution in [2.45, 2.75) is 4.90 Å². The van der Waals surface area contributed by atoms with E-state index in [-0.39, 0.29) is 14.9 Å². The summed E-state index contributed by atoms with van der Waals surface area (Å²) in [5, 5.41) is 10.1. The number of hydrogen-bond acceptors (Lipinski definition) is 3. The van der Waals surface area contributed by atoms with Gasteiger partial charge in [0.2, 0.25) is 9.84 Å². The van der Waals surface area contributed by atoms with Crippen molar-refractivity contribution in [1.29, 1.82) is 0 Å². The second-order valence-corrected chi connectivity index (χ2v) is 5.15. The second-order valence-electron chi connectivity index (χ2n) is 2.45. The summed E-state index contributed by atoms with van der Waals surface area (Å²) in [7, 11) is -3.73. The first-order valence-electron chi connectivity index (χ1n) is 3.44. The largest absolute Gasteiger partial charge is 0.505 e. The highest BCUT2D eigenvalue weighted by Gasteiger charge is 2.18. The van der Waals surface area contributed by atoms with Crippen LogP contribution in [0.1, 0.15) is 0 Å². The average Bonchev–Trinajstić information content (AvgIpc) is 2.11. The van der Waals surface area contributed by atoms with Gasteiger partial charge in [-0.25, -0.2) is 8.42 Å². The van der Waals surface area contributed by atoms with Crippen molar-refractivity contribution < 1.29 is 13.5 Å². The quantitative estimate of drug-likeness (QED) is 0.881. The molecule has 0 aliphatic heterocycles. The molecule has 0 radical (unpaired) electrons. The third-order valence-corrected chi connectivity index (χ3v) is 3.39. The molecule has 0 heterocycles. The Balaban J connectivity index is 3.58. The number of benzene rings is 1. The lowest BCUT2D eigenvalue weighted by Crippen LogP contribution is -1.96. The molecule has 0 atom stereocenters. The van der Waals surface area contributed by atoms with Crippen molar-refractivity contribution in [3.63, 3.8) is 0 Å². The van der Waals surface area contributed by atoms with Gasteiger partial charge in [-0.3, -0.25) is 0 Å². The lowest BCUT2D eigenvalue weighted by Gasteiger charge is -2.04. The summed E-state index contributed by atoms with van der Waals surface area (Å²) in [6.45, 7) is 3.12. The van der Waals surface area contributed by atoms with E-state index in [9.17, 15) is 13.5 Å². The van der Waals surface area contributed by atoms with Crippen molar-refractivity contribution in [3.8, 4) is 5.75 Å². The molecule has 14 heavy (non-hydrogen) atoms. The minimum atomic E-state index is -3.73. The van der Waals surface area contributed by atoms with Crippen LogP contribution in [0.15, 0.2) is 29.0 Å². The minimum absolute atomic E-state index is 0.113. The third kappa shape index (κ3) is 2.03. The van der Waals surface area contributed by atoms with E-state index < -0.39 is 15.6 Å². The van der Waals surface area contributed by atoms with Gasteiger partial charge in [0.25, 0.3) is 0 Å². The van der Waals surface area contributed by atoms with Crippen molar-refractivity contribution in [1.82, 2.24) is 0 Å². The molecule has 0 aromatic heterocycles. The van der Waals surface area contributed by atoms with E-state index in [0.29, 0.717) is 5.41 Å². The van der Waals surface area contributed by atoms with Crippen LogP contribution in [0.3, 0.4) is 0 Å². The van der Waals surface area contributed by atoms with E-state index in [2.05, 4.69) is 6.58 Å². The fraction of sp³-hybridized carbons (Fsp3) is 0. The molecule has 0 aliphatic rings. The summed E-state index contributed by atoms with van der Waals surface area (Å²) in [5.74, 6) is -0.518. The van der Waals surface area contributed by atoms with Gasteiger partial charge in [0.05, 0.1) is 5.02 Å². The molecule has 0 saturated carbocycles. The number of phenols is 1. The zero-order valence-electron chi connectivity index (χ0n) is 6.87. The maximum Gasteiger partial charge on any atom is 0.202 e. The number of sulfone groups is 1. The molecule has 0 aliphatic carbocycles. The summed E-state index contributed by atoms with van der Waals surface area (Å²) in [6, 6.07) is 2.36. The van der Waals surface area contributed by atoms with Gasteiger partial charge in [-0.05, 0) is 12.1 Å². The number of hydrogen-bond donors (Lipinski definition) is 1. The van der Waals surface area contributed by atoms with E-state index in [1.807, 2.05) is 0 Å². The number of halogens is 2. The highest BCUT2D eigenvalue weighted by atomic mass is 35.5. The first kappa shape index (κ1) is 11.4. The standard InChI is InChI=1S/C8H6Cl2O3S/c1-2-14(12,13)7-4-5(9)3-6(10)8(7)11/h2-4,11H,1H2. The Labute approximate surface area is 91.5 Å². The van der Waals surface area contributed by atoms with Gasteiger partial charge in [-0.2, -0.15) is 0 Å². The van der Waals surface area contributed by atoms with Crippen LogP contribution in [0, 0.1) is 0 Å². The van der Waals surface area contributed by atoms with Gasteiger partial charge in [0, 0.05) is 10.4 Å². The van der Waals surface area contributed by atoms with Gasteiger partial charge < -0.3 is 5.11 Å². The average molecular weight is 253 g/mol. The molecule has 1 aromatic rings. The topological polar surface area (TPSA) is 54.4 Å². The third-order valence-electron chi connectivity index (χ3n) is 1.52. The summed E-state index contributed by atoms with van der Waals surface area (Å²) < 4.78 is 22.7. The number of rotatable bonds is 2. The molecule has 0 bridgehead atoms. The van der Waals surface area contributed by atoms with E-state index in [0.717, 1.165) is 6.07 Å². The molecule has 0 spiro atoms. The molecule has 6 heteroatoms. The Hall–Kier alpha value is -0.710. The van der Waals surface area contributed by atoms with E-state index >= 15 is 0 Å². The van der Waals surface area contributed by atoms with Crippen LogP contribution in [0.2, 0.25) is 10.0 Å². The summed E-state index contributed by atoms with van der Waals surface area (Å²) in [4.78, 5) is -0.343. The first-order valence-corrected chi connectivity index (χ1v) is 5.74. The van der Waals surface area contributed by atoms with Crippen molar-refractivity contribution in [2.24, 2.45) is 0 Å². The predicted molar refractivity (Wildman–Crippen MR) is 55.5 cm³/mol. The molecule has 1 aromatic carbocycles. The van der Waals surface area contributed by atoms with Crippen LogP contribution in [0.4, 0.5) is 0 Å². The van der Waals surface area contributed by atoms with Gasteiger partial charge in [-0.15, -0.1) is 0 Å². The molecule has 0 saturated heterocycles. The zero-order chi connectivity index (χ0) is 10.9. The Morgan fingerprint density at radius 3 is 2.43 bits per heavy atom. The Morgan fingerprint density at radius 1 is 1.36 bits per heavy atom. The van der Waals surface area contributed by atoms with Gasteiger partial charge in [-0.1, -0.05) is 29.8 Å². The van der Waals surface area contributed by atoms with Crippen molar-refractivity contribution >= 4 is 33.0 Å². The number of phenolic OH excluding ortho intramolecular Hbond substituents is 1. The van der Waals surface area contributed by atoms with Crippen LogP contribution in [-0.4, -0.2) is 13.5 Å². The van der Waals surface area contributed by atoms with Gasteiger partial charge >= 0.3 is 0 Å². The van der Waals surface area contributed by atoms with Gasteiger partial charge in [0.1, 0.15) is 4.90 Å². The van der Waals surface area contributed by atoms with Crippen molar-refractivity contribution in [3.05, 3.63) is 34.2 Å². The van der Waals surface area contributed by atoms with E-state index in [4.69, 9.17) is 23.2 Å². The van der Waals surface area contributed by atoms with Crippen LogP contribution in [0.25, 0.3) is 0 Å². The monoisotopic (exact) mass is 252 g/mol. The second kappa shape index (κ2) is 3.81.